The first-order valence-electron chi connectivity index (χ1n) is 4.39. The van der Waals surface area contributed by atoms with E-state index in [1.807, 2.05) is 6.92 Å². The molecular formula is C8H15N3O2. The standard InChI is InChI=1S/C8H15N3O2/c1-5(9)3-11-8(13)6-2-7(12)10-4-6/h5-6H,2-4,9H2,1H3,(H,10,12)(H,11,13). The molecule has 13 heavy (non-hydrogen) atoms. The van der Waals surface area contributed by atoms with E-state index in [0.717, 1.165) is 0 Å². The zero-order chi connectivity index (χ0) is 9.84. The van der Waals surface area contributed by atoms with E-state index in [2.05, 4.69) is 10.6 Å². The van der Waals surface area contributed by atoms with Gasteiger partial charge in [0, 0.05) is 25.6 Å². The SMILES string of the molecule is CC(N)CNC(=O)C1CNC(=O)C1. The van der Waals surface area contributed by atoms with Crippen LogP contribution in [0.3, 0.4) is 0 Å². The molecule has 0 saturated carbocycles. The smallest absolute Gasteiger partial charge is 0.225 e. The molecule has 1 fully saturated rings. The van der Waals surface area contributed by atoms with Gasteiger partial charge in [0.15, 0.2) is 0 Å². The van der Waals surface area contributed by atoms with Crippen LogP contribution in [0.25, 0.3) is 0 Å². The summed E-state index contributed by atoms with van der Waals surface area (Å²) in [4.78, 5) is 22.1. The van der Waals surface area contributed by atoms with Gasteiger partial charge in [0.2, 0.25) is 11.8 Å². The monoisotopic (exact) mass is 185 g/mol. The van der Waals surface area contributed by atoms with Crippen molar-refractivity contribution in [1.82, 2.24) is 10.6 Å². The fraction of sp³-hybridized carbons (Fsp3) is 0.750. The van der Waals surface area contributed by atoms with E-state index in [-0.39, 0.29) is 23.8 Å². The molecule has 5 nitrogen and oxygen atoms in total. The Morgan fingerprint density at radius 2 is 2.54 bits per heavy atom. The van der Waals surface area contributed by atoms with Gasteiger partial charge < -0.3 is 16.4 Å². The average Bonchev–Trinajstić information content (AvgIpc) is 2.47. The van der Waals surface area contributed by atoms with Crippen LogP contribution in [0, 0.1) is 5.92 Å². The van der Waals surface area contributed by atoms with Gasteiger partial charge in [0.25, 0.3) is 0 Å². The molecule has 1 heterocycles. The van der Waals surface area contributed by atoms with Crippen LogP contribution in [-0.2, 0) is 9.59 Å². The maximum absolute atomic E-state index is 11.3. The quantitative estimate of drug-likeness (QED) is 0.505. The van der Waals surface area contributed by atoms with Crippen molar-refractivity contribution in [3.63, 3.8) is 0 Å². The molecule has 1 saturated heterocycles. The molecule has 1 aliphatic rings. The van der Waals surface area contributed by atoms with E-state index in [1.165, 1.54) is 0 Å². The van der Waals surface area contributed by atoms with E-state index in [0.29, 0.717) is 19.5 Å². The van der Waals surface area contributed by atoms with Gasteiger partial charge in [-0.3, -0.25) is 9.59 Å². The molecule has 1 aliphatic heterocycles. The molecule has 0 radical (unpaired) electrons. The van der Waals surface area contributed by atoms with Crippen molar-refractivity contribution < 1.29 is 9.59 Å². The molecule has 5 heteroatoms. The number of nitrogens with two attached hydrogens (primary N) is 1. The predicted molar refractivity (Wildman–Crippen MR) is 47.8 cm³/mol. The summed E-state index contributed by atoms with van der Waals surface area (Å²) < 4.78 is 0. The van der Waals surface area contributed by atoms with Gasteiger partial charge in [-0.05, 0) is 6.92 Å². The highest BCUT2D eigenvalue weighted by Crippen LogP contribution is 2.08. The number of carbonyl (C=O) groups is 2. The Bertz CT molecular complexity index is 215. The van der Waals surface area contributed by atoms with Crippen LogP contribution in [0.4, 0.5) is 0 Å². The lowest BCUT2D eigenvalue weighted by Gasteiger charge is -2.10. The van der Waals surface area contributed by atoms with Crippen molar-refractivity contribution >= 4 is 11.8 Å². The molecule has 0 bridgehead atoms. The molecule has 2 atom stereocenters. The van der Waals surface area contributed by atoms with Crippen LogP contribution in [0.1, 0.15) is 13.3 Å². The minimum Gasteiger partial charge on any atom is -0.355 e. The van der Waals surface area contributed by atoms with Gasteiger partial charge in [-0.15, -0.1) is 0 Å². The fourth-order valence-corrected chi connectivity index (χ4v) is 1.20. The van der Waals surface area contributed by atoms with E-state index < -0.39 is 0 Å². The maximum Gasteiger partial charge on any atom is 0.225 e. The molecule has 0 aromatic carbocycles. The molecule has 0 aromatic heterocycles. The third kappa shape index (κ3) is 3.02. The summed E-state index contributed by atoms with van der Waals surface area (Å²) in [5, 5.41) is 5.30. The molecular weight excluding hydrogens is 170 g/mol. The van der Waals surface area contributed by atoms with Gasteiger partial charge in [-0.2, -0.15) is 0 Å². The largest absolute Gasteiger partial charge is 0.355 e. The number of amides is 2. The maximum atomic E-state index is 11.3. The van der Waals surface area contributed by atoms with Crippen LogP contribution in [0.2, 0.25) is 0 Å². The van der Waals surface area contributed by atoms with Crippen LogP contribution in [-0.4, -0.2) is 30.9 Å². The van der Waals surface area contributed by atoms with Crippen molar-refractivity contribution in [3.8, 4) is 0 Å². The van der Waals surface area contributed by atoms with Gasteiger partial charge in [-0.25, -0.2) is 0 Å². The Labute approximate surface area is 77.1 Å². The van der Waals surface area contributed by atoms with Crippen LogP contribution >= 0.6 is 0 Å². The number of carbonyl (C=O) groups excluding carboxylic acids is 2. The topological polar surface area (TPSA) is 84.2 Å². The van der Waals surface area contributed by atoms with E-state index in [4.69, 9.17) is 5.73 Å². The first kappa shape index (κ1) is 9.98. The molecule has 74 valence electrons. The first-order chi connectivity index (χ1) is 6.09. The second-order valence-corrected chi connectivity index (χ2v) is 3.43. The zero-order valence-corrected chi connectivity index (χ0v) is 7.67. The highest BCUT2D eigenvalue weighted by atomic mass is 16.2. The normalized spacial score (nSPS) is 23.8. The Hall–Kier alpha value is -1.10. The number of rotatable bonds is 3. The number of hydrogen-bond acceptors (Lipinski definition) is 3. The summed E-state index contributed by atoms with van der Waals surface area (Å²) in [6.07, 6.45) is 0.296. The molecule has 2 unspecified atom stereocenters. The second kappa shape index (κ2) is 4.23. The molecule has 1 rings (SSSR count). The lowest BCUT2D eigenvalue weighted by Crippen LogP contribution is -2.39. The van der Waals surface area contributed by atoms with Gasteiger partial charge in [0.05, 0.1) is 5.92 Å². The lowest BCUT2D eigenvalue weighted by atomic mass is 10.1. The third-order valence-corrected chi connectivity index (χ3v) is 1.95. The van der Waals surface area contributed by atoms with Crippen molar-refractivity contribution in [2.45, 2.75) is 19.4 Å². The van der Waals surface area contributed by atoms with Crippen LogP contribution < -0.4 is 16.4 Å². The first-order valence-corrected chi connectivity index (χ1v) is 4.39. The summed E-state index contributed by atoms with van der Waals surface area (Å²) in [5.41, 5.74) is 5.47. The molecule has 0 aromatic rings. The summed E-state index contributed by atoms with van der Waals surface area (Å²) in [7, 11) is 0. The van der Waals surface area contributed by atoms with E-state index in [9.17, 15) is 9.59 Å². The Kier molecular flexibility index (Phi) is 3.25. The summed E-state index contributed by atoms with van der Waals surface area (Å²) in [6.45, 7) is 2.73. The minimum atomic E-state index is -0.216. The molecule has 2 amide bonds. The number of hydrogen-bond donors (Lipinski definition) is 3. The van der Waals surface area contributed by atoms with Gasteiger partial charge >= 0.3 is 0 Å². The molecule has 4 N–H and O–H groups in total. The van der Waals surface area contributed by atoms with Crippen molar-refractivity contribution in [3.05, 3.63) is 0 Å². The van der Waals surface area contributed by atoms with E-state index in [1.54, 1.807) is 0 Å². The fourth-order valence-electron chi connectivity index (χ4n) is 1.20. The molecule has 0 spiro atoms. The number of nitrogens with one attached hydrogen (secondary N) is 2. The van der Waals surface area contributed by atoms with Crippen molar-refractivity contribution in [2.75, 3.05) is 13.1 Å². The second-order valence-electron chi connectivity index (χ2n) is 3.43. The minimum absolute atomic E-state index is 0.0472. The lowest BCUT2D eigenvalue weighted by molar-refractivity contribution is -0.126. The zero-order valence-electron chi connectivity index (χ0n) is 7.67. The van der Waals surface area contributed by atoms with Crippen molar-refractivity contribution in [2.24, 2.45) is 11.7 Å². The third-order valence-electron chi connectivity index (χ3n) is 1.95. The van der Waals surface area contributed by atoms with Crippen LogP contribution in [0.5, 0.6) is 0 Å². The van der Waals surface area contributed by atoms with Gasteiger partial charge in [-0.1, -0.05) is 0 Å². The average molecular weight is 185 g/mol. The van der Waals surface area contributed by atoms with E-state index >= 15 is 0 Å². The predicted octanol–water partition coefficient (Wildman–Crippen LogP) is -1.41. The summed E-state index contributed by atoms with van der Waals surface area (Å²) >= 11 is 0. The van der Waals surface area contributed by atoms with Gasteiger partial charge in [0.1, 0.15) is 0 Å². The van der Waals surface area contributed by atoms with Crippen molar-refractivity contribution in [1.29, 1.82) is 0 Å². The van der Waals surface area contributed by atoms with Crippen LogP contribution in [0.15, 0.2) is 0 Å². The highest BCUT2D eigenvalue weighted by molar-refractivity contribution is 5.89. The highest BCUT2D eigenvalue weighted by Gasteiger charge is 2.27. The Balaban J connectivity index is 2.27. The summed E-state index contributed by atoms with van der Waals surface area (Å²) in [5.74, 6) is -0.358. The Morgan fingerprint density at radius 3 is 3.00 bits per heavy atom. The molecule has 0 aliphatic carbocycles. The summed E-state index contributed by atoms with van der Waals surface area (Å²) in [6, 6.07) is -0.0472. The Morgan fingerprint density at radius 1 is 1.85 bits per heavy atom.